The predicted molar refractivity (Wildman–Crippen MR) is 99.0 cm³/mol. The van der Waals surface area contributed by atoms with Gasteiger partial charge in [0.05, 0.1) is 5.69 Å². The van der Waals surface area contributed by atoms with E-state index in [0.29, 0.717) is 28.0 Å². The molecule has 26 heavy (non-hydrogen) atoms. The summed E-state index contributed by atoms with van der Waals surface area (Å²) >= 11 is 1.42. The van der Waals surface area contributed by atoms with Gasteiger partial charge in [-0.15, -0.1) is 11.3 Å². The van der Waals surface area contributed by atoms with E-state index in [1.165, 1.54) is 30.2 Å². The van der Waals surface area contributed by atoms with Crippen molar-refractivity contribution < 1.29 is 9.18 Å². The minimum Gasteiger partial charge on any atom is -0.334 e. The Morgan fingerprint density at radius 3 is 3.00 bits per heavy atom. The lowest BCUT2D eigenvalue weighted by atomic mass is 10.1. The molecule has 1 amide bonds. The van der Waals surface area contributed by atoms with Gasteiger partial charge in [0.1, 0.15) is 11.5 Å². The zero-order valence-corrected chi connectivity index (χ0v) is 15.1. The van der Waals surface area contributed by atoms with Crippen LogP contribution in [0.1, 0.15) is 23.3 Å². The molecule has 1 atom stereocenters. The highest BCUT2D eigenvalue weighted by atomic mass is 32.1. The molecule has 5 nitrogen and oxygen atoms in total. The van der Waals surface area contributed by atoms with Crippen LogP contribution in [0, 0.1) is 5.82 Å². The summed E-state index contributed by atoms with van der Waals surface area (Å²) in [5.41, 5.74) is 1.64. The second-order valence-corrected chi connectivity index (χ2v) is 7.80. The van der Waals surface area contributed by atoms with Crippen molar-refractivity contribution in [2.24, 2.45) is 0 Å². The summed E-state index contributed by atoms with van der Waals surface area (Å²) in [6.45, 7) is 3.67. The van der Waals surface area contributed by atoms with Crippen molar-refractivity contribution in [2.45, 2.75) is 18.9 Å². The predicted octanol–water partition coefficient (Wildman–Crippen LogP) is 3.12. The normalized spacial score (nSPS) is 20.7. The third kappa shape index (κ3) is 2.54. The molecular weight excluding hydrogens is 351 g/mol. The molecule has 2 aliphatic heterocycles. The third-order valence-corrected chi connectivity index (χ3v) is 6.29. The maximum Gasteiger partial charge on any atom is 0.271 e. The maximum absolute atomic E-state index is 14.1. The molecule has 0 aliphatic carbocycles. The van der Waals surface area contributed by atoms with Crippen LogP contribution in [0.25, 0.3) is 16.2 Å². The number of nitrogens with zero attached hydrogens (tertiary/aromatic N) is 4. The molecule has 0 spiro atoms. The van der Waals surface area contributed by atoms with Crippen molar-refractivity contribution in [1.29, 1.82) is 0 Å². The van der Waals surface area contributed by atoms with E-state index >= 15 is 0 Å². The van der Waals surface area contributed by atoms with Crippen molar-refractivity contribution in [3.8, 4) is 11.3 Å². The monoisotopic (exact) mass is 370 g/mol. The first-order chi connectivity index (χ1) is 12.7. The first-order valence-corrected chi connectivity index (χ1v) is 9.83. The van der Waals surface area contributed by atoms with Crippen LogP contribution < -0.4 is 0 Å². The quantitative estimate of drug-likeness (QED) is 0.696. The van der Waals surface area contributed by atoms with Crippen LogP contribution in [-0.2, 0) is 0 Å². The van der Waals surface area contributed by atoms with E-state index in [4.69, 9.17) is 0 Å². The van der Waals surface area contributed by atoms with Crippen LogP contribution >= 0.6 is 11.3 Å². The van der Waals surface area contributed by atoms with Crippen molar-refractivity contribution >= 4 is 22.2 Å². The molecule has 4 heterocycles. The van der Waals surface area contributed by atoms with Crippen LogP contribution in [0.2, 0.25) is 0 Å². The largest absolute Gasteiger partial charge is 0.334 e. The summed E-state index contributed by atoms with van der Waals surface area (Å²) in [6.07, 6.45) is 4.16. The fourth-order valence-electron chi connectivity index (χ4n) is 4.07. The van der Waals surface area contributed by atoms with Gasteiger partial charge in [-0.05, 0) is 31.5 Å². The van der Waals surface area contributed by atoms with Gasteiger partial charge in [-0.1, -0.05) is 12.1 Å². The molecular formula is C19H19FN4OS. The Morgan fingerprint density at radius 2 is 2.12 bits per heavy atom. The second-order valence-electron chi connectivity index (χ2n) is 6.96. The molecule has 0 unspecified atom stereocenters. The fraction of sp³-hybridized carbons (Fsp3) is 0.368. The Kier molecular flexibility index (Phi) is 3.79. The molecule has 0 radical (unpaired) electrons. The molecule has 134 valence electrons. The summed E-state index contributed by atoms with van der Waals surface area (Å²) < 4.78 is 15.9. The van der Waals surface area contributed by atoms with Gasteiger partial charge in [-0.3, -0.25) is 14.1 Å². The average Bonchev–Trinajstić information content (AvgIpc) is 3.36. The van der Waals surface area contributed by atoms with Crippen molar-refractivity contribution in [2.75, 3.05) is 26.2 Å². The Labute approximate surface area is 154 Å². The minimum atomic E-state index is -0.302. The van der Waals surface area contributed by atoms with E-state index < -0.39 is 0 Å². The Hall–Kier alpha value is -2.25. The first-order valence-electron chi connectivity index (χ1n) is 8.95. The number of hydrogen-bond acceptors (Lipinski definition) is 4. The fourth-order valence-corrected chi connectivity index (χ4v) is 4.92. The standard InChI is InChI=1S/C19H19FN4OS/c20-15-6-2-1-5-14(15)16-11-24-17(12-26-19(24)21-16)18(25)23-9-8-22-7-3-4-13(22)10-23/h1-2,5-6,11-13H,3-4,7-10H2/t13-/m0/s1. The third-order valence-electron chi connectivity index (χ3n) is 5.45. The van der Waals surface area contributed by atoms with Gasteiger partial charge >= 0.3 is 0 Å². The molecule has 2 fully saturated rings. The van der Waals surface area contributed by atoms with Crippen molar-refractivity contribution in [3.05, 3.63) is 47.4 Å². The van der Waals surface area contributed by atoms with Gasteiger partial charge < -0.3 is 4.90 Å². The van der Waals surface area contributed by atoms with E-state index in [2.05, 4.69) is 9.88 Å². The number of carbonyl (C=O) groups is 1. The summed E-state index contributed by atoms with van der Waals surface area (Å²) in [7, 11) is 0. The number of piperazine rings is 1. The smallest absolute Gasteiger partial charge is 0.271 e. The number of hydrogen-bond donors (Lipinski definition) is 0. The molecule has 7 heteroatoms. The number of amides is 1. The number of halogens is 1. The Balaban J connectivity index is 1.46. The van der Waals surface area contributed by atoms with Crippen molar-refractivity contribution in [3.63, 3.8) is 0 Å². The molecule has 1 aromatic carbocycles. The number of thiazole rings is 1. The van der Waals surface area contributed by atoms with E-state index in [9.17, 15) is 9.18 Å². The average molecular weight is 370 g/mol. The lowest BCUT2D eigenvalue weighted by Gasteiger charge is -2.37. The molecule has 2 saturated heterocycles. The van der Waals surface area contributed by atoms with Gasteiger partial charge in [0.2, 0.25) is 0 Å². The van der Waals surface area contributed by atoms with Gasteiger partial charge in [0.15, 0.2) is 4.96 Å². The van der Waals surface area contributed by atoms with E-state index in [-0.39, 0.29) is 11.7 Å². The van der Waals surface area contributed by atoms with Crippen molar-refractivity contribution in [1.82, 2.24) is 19.2 Å². The van der Waals surface area contributed by atoms with Crippen LogP contribution in [0.3, 0.4) is 0 Å². The van der Waals surface area contributed by atoms with Crippen LogP contribution in [0.5, 0.6) is 0 Å². The molecule has 0 N–H and O–H groups in total. The first kappa shape index (κ1) is 16.0. The molecule has 5 rings (SSSR count). The summed E-state index contributed by atoms with van der Waals surface area (Å²) in [5.74, 6) is -0.260. The molecule has 2 aliphatic rings. The maximum atomic E-state index is 14.1. The topological polar surface area (TPSA) is 40.9 Å². The SMILES string of the molecule is O=C(c1csc2nc(-c3ccccc3F)cn12)N1CCN2CCC[C@H]2C1. The zero-order valence-electron chi connectivity index (χ0n) is 14.3. The van der Waals surface area contributed by atoms with Crippen LogP contribution in [-0.4, -0.2) is 57.3 Å². The number of aromatic nitrogens is 2. The number of rotatable bonds is 2. The summed E-state index contributed by atoms with van der Waals surface area (Å²) in [4.78, 5) is 22.7. The second kappa shape index (κ2) is 6.17. The zero-order chi connectivity index (χ0) is 17.7. The van der Waals surface area contributed by atoms with E-state index in [1.807, 2.05) is 10.3 Å². The summed E-state index contributed by atoms with van der Waals surface area (Å²) in [6, 6.07) is 7.09. The van der Waals surface area contributed by atoms with Gasteiger partial charge in [0, 0.05) is 42.8 Å². The van der Waals surface area contributed by atoms with Crippen LogP contribution in [0.4, 0.5) is 4.39 Å². The highest BCUT2D eigenvalue weighted by molar-refractivity contribution is 7.15. The molecule has 0 bridgehead atoms. The Morgan fingerprint density at radius 1 is 1.23 bits per heavy atom. The number of carbonyl (C=O) groups excluding carboxylic acids is 1. The van der Waals surface area contributed by atoms with Crippen LogP contribution in [0.15, 0.2) is 35.8 Å². The highest BCUT2D eigenvalue weighted by Gasteiger charge is 2.33. The molecule has 3 aromatic rings. The highest BCUT2D eigenvalue weighted by Crippen LogP contribution is 2.27. The van der Waals surface area contributed by atoms with Gasteiger partial charge in [-0.25, -0.2) is 9.37 Å². The number of benzene rings is 1. The number of fused-ring (bicyclic) bond motifs is 2. The lowest BCUT2D eigenvalue weighted by Crippen LogP contribution is -2.52. The Bertz CT molecular complexity index is 981. The molecule has 2 aromatic heterocycles. The molecule has 0 saturated carbocycles. The lowest BCUT2D eigenvalue weighted by molar-refractivity contribution is 0.0565. The van der Waals surface area contributed by atoms with E-state index in [1.54, 1.807) is 28.8 Å². The number of imidazole rings is 1. The van der Waals surface area contributed by atoms with E-state index in [0.717, 1.165) is 26.2 Å². The van der Waals surface area contributed by atoms with Gasteiger partial charge in [-0.2, -0.15) is 0 Å². The minimum absolute atomic E-state index is 0.0419. The van der Waals surface area contributed by atoms with Gasteiger partial charge in [0.25, 0.3) is 5.91 Å². The summed E-state index contributed by atoms with van der Waals surface area (Å²) in [5, 5.41) is 1.86.